The van der Waals surface area contributed by atoms with Gasteiger partial charge in [0.1, 0.15) is 28.4 Å². The Labute approximate surface area is 187 Å². The van der Waals surface area contributed by atoms with Gasteiger partial charge in [0, 0.05) is 23.0 Å². The molecule has 33 heavy (non-hydrogen) atoms. The number of rotatable bonds is 3. The summed E-state index contributed by atoms with van der Waals surface area (Å²) in [6.45, 7) is -0.918. The summed E-state index contributed by atoms with van der Waals surface area (Å²) in [6, 6.07) is 2.65. The molecule has 8 N–H and O–H groups in total. The quantitative estimate of drug-likeness (QED) is 0.263. The summed E-state index contributed by atoms with van der Waals surface area (Å²) in [5, 5.41) is 65.1. The minimum Gasteiger partial charge on any atom is -0.508 e. The SMILES string of the molecule is CN(C)[C@@H]1C(=O)C(C(N)=O)=C(O)[C@@]2(O)C(=O)C3=C(O)c4c(O)cccc4[C@](O)(CO)[C@H]3C[C@@H]12. The lowest BCUT2D eigenvalue weighted by Gasteiger charge is -2.53. The molecule has 1 amide bonds. The van der Waals surface area contributed by atoms with E-state index in [9.17, 15) is 45.0 Å². The Balaban J connectivity index is 2.07. The van der Waals surface area contributed by atoms with Crippen LogP contribution in [0.4, 0.5) is 0 Å². The van der Waals surface area contributed by atoms with Crippen LogP contribution in [0.5, 0.6) is 5.75 Å². The Morgan fingerprint density at radius 1 is 1.18 bits per heavy atom. The Bertz CT molecular complexity index is 1170. The zero-order chi connectivity index (χ0) is 24.6. The molecule has 0 saturated heterocycles. The number of hydrogen-bond donors (Lipinski definition) is 7. The highest BCUT2D eigenvalue weighted by Crippen LogP contribution is 2.57. The fourth-order valence-electron chi connectivity index (χ4n) is 5.56. The van der Waals surface area contributed by atoms with Crippen molar-refractivity contribution in [1.82, 2.24) is 4.90 Å². The van der Waals surface area contributed by atoms with Crippen LogP contribution in [0.15, 0.2) is 35.1 Å². The van der Waals surface area contributed by atoms with E-state index in [1.165, 1.54) is 37.2 Å². The van der Waals surface area contributed by atoms with Crippen molar-refractivity contribution in [2.24, 2.45) is 17.6 Å². The molecule has 176 valence electrons. The second-order valence-corrected chi connectivity index (χ2v) is 8.90. The van der Waals surface area contributed by atoms with Gasteiger partial charge in [-0.25, -0.2) is 0 Å². The van der Waals surface area contributed by atoms with E-state index in [1.807, 2.05) is 0 Å². The van der Waals surface area contributed by atoms with Crippen molar-refractivity contribution in [3.8, 4) is 5.75 Å². The van der Waals surface area contributed by atoms with Crippen LogP contribution in [-0.2, 0) is 20.0 Å². The first kappa shape index (κ1) is 22.9. The molecule has 3 aliphatic carbocycles. The van der Waals surface area contributed by atoms with Crippen molar-refractivity contribution in [3.63, 3.8) is 0 Å². The molecule has 0 spiro atoms. The van der Waals surface area contributed by atoms with Gasteiger partial charge in [-0.15, -0.1) is 0 Å². The van der Waals surface area contributed by atoms with Crippen LogP contribution in [0.25, 0.3) is 5.76 Å². The third-order valence-corrected chi connectivity index (χ3v) is 7.08. The average Bonchev–Trinajstić information content (AvgIpc) is 2.73. The van der Waals surface area contributed by atoms with Crippen molar-refractivity contribution in [2.75, 3.05) is 20.7 Å². The van der Waals surface area contributed by atoms with Crippen LogP contribution in [0.2, 0.25) is 0 Å². The van der Waals surface area contributed by atoms with Crippen LogP contribution in [0.3, 0.4) is 0 Å². The number of primary amides is 1. The number of ketones is 2. The normalized spacial score (nSPS) is 33.7. The number of phenolic OH excluding ortho intramolecular Hbond substituents is 1. The summed E-state index contributed by atoms with van der Waals surface area (Å²) in [5.41, 5.74) is -1.59. The maximum atomic E-state index is 13.7. The molecule has 0 heterocycles. The van der Waals surface area contributed by atoms with Gasteiger partial charge < -0.3 is 36.4 Å². The molecule has 11 heteroatoms. The van der Waals surface area contributed by atoms with Crippen LogP contribution in [0, 0.1) is 11.8 Å². The second kappa shape index (κ2) is 7.12. The lowest BCUT2D eigenvalue weighted by atomic mass is 9.54. The number of carbonyl (C=O) groups excluding carboxylic acids is 3. The van der Waals surface area contributed by atoms with Crippen LogP contribution >= 0.6 is 0 Å². The van der Waals surface area contributed by atoms with Crippen LogP contribution in [-0.4, -0.2) is 85.4 Å². The summed E-state index contributed by atoms with van der Waals surface area (Å²) in [6.07, 6.45) is -0.349. The number of likely N-dealkylation sites (N-methyl/N-ethyl adjacent to an activating group) is 1. The zero-order valence-corrected chi connectivity index (χ0v) is 17.8. The van der Waals surface area contributed by atoms with Crippen molar-refractivity contribution in [2.45, 2.75) is 23.7 Å². The van der Waals surface area contributed by atoms with Crippen molar-refractivity contribution >= 4 is 23.2 Å². The third kappa shape index (κ3) is 2.67. The van der Waals surface area contributed by atoms with E-state index < -0.39 is 81.6 Å². The Hall–Kier alpha value is -3.25. The molecule has 11 nitrogen and oxygen atoms in total. The first-order chi connectivity index (χ1) is 15.3. The van der Waals surface area contributed by atoms with Crippen molar-refractivity contribution in [3.05, 3.63) is 46.2 Å². The molecule has 0 aromatic heterocycles. The molecule has 1 aromatic rings. The predicted molar refractivity (Wildman–Crippen MR) is 112 cm³/mol. The summed E-state index contributed by atoms with van der Waals surface area (Å²) in [4.78, 5) is 40.0. The molecule has 1 aromatic carbocycles. The average molecular weight is 460 g/mol. The second-order valence-electron chi connectivity index (χ2n) is 8.90. The number of fused-ring (bicyclic) bond motifs is 3. The zero-order valence-electron chi connectivity index (χ0n) is 17.8. The summed E-state index contributed by atoms with van der Waals surface area (Å²) < 4.78 is 0. The number of carbonyl (C=O) groups is 3. The molecule has 0 unspecified atom stereocenters. The van der Waals surface area contributed by atoms with E-state index in [0.717, 1.165) is 0 Å². The smallest absolute Gasteiger partial charge is 0.255 e. The summed E-state index contributed by atoms with van der Waals surface area (Å²) in [7, 11) is 2.92. The molecule has 5 atom stereocenters. The van der Waals surface area contributed by atoms with E-state index in [-0.39, 0.29) is 17.5 Å². The number of benzene rings is 1. The van der Waals surface area contributed by atoms with Gasteiger partial charge in [-0.1, -0.05) is 12.1 Å². The van der Waals surface area contributed by atoms with E-state index >= 15 is 0 Å². The fraction of sp³-hybridized carbons (Fsp3) is 0.409. The molecule has 0 aliphatic heterocycles. The molecular formula is C22H24N2O9. The lowest BCUT2D eigenvalue weighted by molar-refractivity contribution is -0.162. The number of nitrogens with two attached hydrogens (primary N) is 1. The molecular weight excluding hydrogens is 436 g/mol. The van der Waals surface area contributed by atoms with E-state index in [0.29, 0.717) is 0 Å². The molecule has 1 saturated carbocycles. The minimum absolute atomic E-state index is 0.0457. The van der Waals surface area contributed by atoms with Crippen LogP contribution < -0.4 is 5.73 Å². The first-order valence-electron chi connectivity index (χ1n) is 10.1. The van der Waals surface area contributed by atoms with Crippen molar-refractivity contribution in [1.29, 1.82) is 0 Å². The van der Waals surface area contributed by atoms with Gasteiger partial charge in [0.25, 0.3) is 5.91 Å². The predicted octanol–water partition coefficient (Wildman–Crippen LogP) is -1.40. The maximum absolute atomic E-state index is 13.7. The third-order valence-electron chi connectivity index (χ3n) is 7.08. The van der Waals surface area contributed by atoms with Gasteiger partial charge in [0.05, 0.1) is 18.2 Å². The minimum atomic E-state index is -2.83. The number of nitrogens with zero attached hydrogens (tertiary/aromatic N) is 1. The number of aliphatic hydroxyl groups excluding tert-OH is 3. The Morgan fingerprint density at radius 3 is 2.36 bits per heavy atom. The van der Waals surface area contributed by atoms with Gasteiger partial charge in [0.15, 0.2) is 11.4 Å². The van der Waals surface area contributed by atoms with Gasteiger partial charge in [-0.2, -0.15) is 0 Å². The van der Waals surface area contributed by atoms with E-state index in [1.54, 1.807) is 0 Å². The number of phenols is 1. The summed E-state index contributed by atoms with van der Waals surface area (Å²) >= 11 is 0. The number of amides is 1. The maximum Gasteiger partial charge on any atom is 0.255 e. The van der Waals surface area contributed by atoms with Crippen LogP contribution in [0.1, 0.15) is 17.5 Å². The number of aromatic hydroxyl groups is 1. The number of aliphatic hydroxyl groups is 5. The van der Waals surface area contributed by atoms with E-state index in [2.05, 4.69) is 0 Å². The highest BCUT2D eigenvalue weighted by atomic mass is 16.4. The standard InChI is InChI=1S/C22H24N2O9/c1-24(2)15-10-6-9-13(18(29)22(10,33)19(30)14(17(15)28)20(23)31)16(27)12-8(21(9,32)7-25)4-3-5-11(12)26/h3-5,9-10,15,25-27,30,32-33H,6-7H2,1-2H3,(H2,23,31)/t9-,10-,15-,21+,22-/m0/s1. The Morgan fingerprint density at radius 2 is 1.82 bits per heavy atom. The van der Waals surface area contributed by atoms with Gasteiger partial charge >= 0.3 is 0 Å². The molecule has 3 aliphatic rings. The first-order valence-corrected chi connectivity index (χ1v) is 10.1. The summed E-state index contributed by atoms with van der Waals surface area (Å²) in [5.74, 6) is -8.70. The van der Waals surface area contributed by atoms with Gasteiger partial charge in [-0.05, 0) is 26.6 Å². The highest BCUT2D eigenvalue weighted by molar-refractivity contribution is 6.24. The molecule has 1 fully saturated rings. The lowest BCUT2D eigenvalue weighted by Crippen LogP contribution is -2.67. The number of Topliss-reactive ketones (excluding diaryl/α,β-unsaturated/α-hetero) is 2. The Kier molecular flexibility index (Phi) is 4.95. The molecule has 0 radical (unpaired) electrons. The largest absolute Gasteiger partial charge is 0.508 e. The highest BCUT2D eigenvalue weighted by Gasteiger charge is 2.67. The topological polar surface area (TPSA) is 202 Å². The molecule has 0 bridgehead atoms. The molecule has 4 rings (SSSR count). The van der Waals surface area contributed by atoms with Gasteiger partial charge in [0.2, 0.25) is 5.78 Å². The van der Waals surface area contributed by atoms with Crippen molar-refractivity contribution < 1.29 is 45.0 Å². The monoisotopic (exact) mass is 460 g/mol. The van der Waals surface area contributed by atoms with Gasteiger partial charge in [-0.3, -0.25) is 19.3 Å². The number of hydrogen-bond acceptors (Lipinski definition) is 10. The fourth-order valence-corrected chi connectivity index (χ4v) is 5.56. The van der Waals surface area contributed by atoms with E-state index in [4.69, 9.17) is 5.73 Å².